The lowest BCUT2D eigenvalue weighted by Gasteiger charge is -2.13. The fraction of sp³-hybridized carbons (Fsp3) is 0.800. The Hall–Kier alpha value is -0.323. The van der Waals surface area contributed by atoms with Gasteiger partial charge in [0.25, 0.3) is 0 Å². The maximum absolute atomic E-state index is 5.55. The molecule has 0 aliphatic carbocycles. The molecule has 14 heavy (non-hydrogen) atoms. The van der Waals surface area contributed by atoms with Crippen LogP contribution in [0.1, 0.15) is 26.7 Å². The molecule has 0 atom stereocenters. The molecule has 0 heterocycles. The number of hydrogen-bond donors (Lipinski definition) is 0. The zero-order valence-corrected chi connectivity index (χ0v) is 10.6. The van der Waals surface area contributed by atoms with Gasteiger partial charge in [0.2, 0.25) is 0 Å². The van der Waals surface area contributed by atoms with Crippen LogP contribution in [0, 0.1) is 0 Å². The van der Waals surface area contributed by atoms with E-state index < -0.39 is 9.28 Å². The summed E-state index contributed by atoms with van der Waals surface area (Å²) in [5.41, 5.74) is 0. The first kappa shape index (κ1) is 13.7. The van der Waals surface area contributed by atoms with Crippen LogP contribution < -0.4 is 0 Å². The van der Waals surface area contributed by atoms with Crippen LogP contribution in [0.3, 0.4) is 0 Å². The molecule has 0 saturated heterocycles. The molecule has 0 aromatic carbocycles. The molecule has 0 aliphatic rings. The second kappa shape index (κ2) is 10.8. The van der Waals surface area contributed by atoms with Crippen LogP contribution >= 0.6 is 0 Å². The first-order valence-electron chi connectivity index (χ1n) is 5.26. The Morgan fingerprint density at radius 1 is 1.14 bits per heavy atom. The van der Waals surface area contributed by atoms with E-state index >= 15 is 0 Å². The van der Waals surface area contributed by atoms with Gasteiger partial charge in [-0.1, -0.05) is 0 Å². The highest BCUT2D eigenvalue weighted by molar-refractivity contribution is 6.44. The lowest BCUT2D eigenvalue weighted by molar-refractivity contribution is 0.213. The van der Waals surface area contributed by atoms with Crippen LogP contribution in [0.4, 0.5) is 0 Å². The summed E-state index contributed by atoms with van der Waals surface area (Å²) in [5, 5.41) is 0. The topological polar surface area (TPSA) is 27.7 Å². The first-order chi connectivity index (χ1) is 6.85. The minimum absolute atomic E-state index is 0.769. The van der Waals surface area contributed by atoms with E-state index in [4.69, 9.17) is 13.6 Å². The number of unbranched alkanes of at least 4 members (excludes halogenated alkanes) is 1. The molecule has 0 unspecified atom stereocenters. The summed E-state index contributed by atoms with van der Waals surface area (Å²) in [6.07, 6.45) is 5.91. The molecule has 4 heteroatoms. The smallest absolute Gasteiger partial charge is 0.321 e. The van der Waals surface area contributed by atoms with Crippen molar-refractivity contribution in [2.75, 3.05) is 20.3 Å². The molecule has 0 fully saturated rings. The van der Waals surface area contributed by atoms with E-state index in [1.54, 1.807) is 13.4 Å². The third-order valence-corrected chi connectivity index (χ3v) is 4.04. The predicted octanol–water partition coefficient (Wildman–Crippen LogP) is 2.22. The van der Waals surface area contributed by atoms with Crippen LogP contribution in [-0.2, 0) is 13.6 Å². The SMILES string of the molecule is CCO[SiH](CCCC=COC)OCC. The minimum atomic E-state index is -1.36. The molecule has 0 saturated carbocycles. The van der Waals surface area contributed by atoms with Gasteiger partial charge >= 0.3 is 9.28 Å². The largest absolute Gasteiger partial charge is 0.505 e. The Kier molecular flexibility index (Phi) is 10.5. The van der Waals surface area contributed by atoms with Gasteiger partial charge in [-0.25, -0.2) is 0 Å². The van der Waals surface area contributed by atoms with Crippen LogP contribution in [0.5, 0.6) is 0 Å². The van der Waals surface area contributed by atoms with Crippen molar-refractivity contribution in [2.24, 2.45) is 0 Å². The fourth-order valence-corrected chi connectivity index (χ4v) is 2.90. The predicted molar refractivity (Wildman–Crippen MR) is 60.6 cm³/mol. The van der Waals surface area contributed by atoms with E-state index in [-0.39, 0.29) is 0 Å². The summed E-state index contributed by atoms with van der Waals surface area (Å²) in [6, 6.07) is 1.08. The van der Waals surface area contributed by atoms with Crippen molar-refractivity contribution in [1.82, 2.24) is 0 Å². The lowest BCUT2D eigenvalue weighted by Crippen LogP contribution is -2.22. The highest BCUT2D eigenvalue weighted by Gasteiger charge is 2.10. The maximum Gasteiger partial charge on any atom is 0.321 e. The number of allylic oxidation sites excluding steroid dienone is 1. The van der Waals surface area contributed by atoms with Crippen LogP contribution in [0.25, 0.3) is 0 Å². The summed E-state index contributed by atoms with van der Waals surface area (Å²) >= 11 is 0. The molecule has 0 amide bonds. The summed E-state index contributed by atoms with van der Waals surface area (Å²) in [5.74, 6) is 0. The highest BCUT2D eigenvalue weighted by Crippen LogP contribution is 2.05. The van der Waals surface area contributed by atoms with Gasteiger partial charge in [0.05, 0.1) is 13.4 Å². The van der Waals surface area contributed by atoms with Crippen molar-refractivity contribution in [3.63, 3.8) is 0 Å². The zero-order chi connectivity index (χ0) is 10.6. The fourth-order valence-electron chi connectivity index (χ4n) is 1.15. The van der Waals surface area contributed by atoms with E-state index in [2.05, 4.69) is 0 Å². The number of rotatable bonds is 9. The van der Waals surface area contributed by atoms with Crippen molar-refractivity contribution >= 4 is 9.28 Å². The molecule has 3 nitrogen and oxygen atoms in total. The molecule has 0 N–H and O–H groups in total. The Balaban J connectivity index is 3.44. The van der Waals surface area contributed by atoms with Crippen molar-refractivity contribution in [2.45, 2.75) is 32.7 Å². The Bertz CT molecular complexity index is 133. The minimum Gasteiger partial charge on any atom is -0.505 e. The number of hydrogen-bond acceptors (Lipinski definition) is 3. The third kappa shape index (κ3) is 8.28. The second-order valence-electron chi connectivity index (χ2n) is 2.88. The quantitative estimate of drug-likeness (QED) is 0.337. The molecule has 0 rings (SSSR count). The van der Waals surface area contributed by atoms with Crippen molar-refractivity contribution in [3.05, 3.63) is 12.3 Å². The molecule has 0 aliphatic heterocycles. The Morgan fingerprint density at radius 3 is 2.29 bits per heavy atom. The van der Waals surface area contributed by atoms with E-state index in [0.29, 0.717) is 0 Å². The van der Waals surface area contributed by atoms with E-state index in [0.717, 1.165) is 32.1 Å². The average molecular weight is 218 g/mol. The summed E-state index contributed by atoms with van der Waals surface area (Å²) < 4.78 is 15.9. The van der Waals surface area contributed by atoms with Crippen LogP contribution in [-0.4, -0.2) is 29.6 Å². The zero-order valence-electron chi connectivity index (χ0n) is 9.49. The van der Waals surface area contributed by atoms with Gasteiger partial charge in [-0.3, -0.25) is 0 Å². The molecule has 0 aromatic rings. The van der Waals surface area contributed by atoms with Gasteiger partial charge in [-0.2, -0.15) is 0 Å². The van der Waals surface area contributed by atoms with E-state index in [9.17, 15) is 0 Å². The maximum atomic E-state index is 5.55. The molecule has 84 valence electrons. The highest BCUT2D eigenvalue weighted by atomic mass is 28.3. The van der Waals surface area contributed by atoms with Gasteiger partial charge in [0.15, 0.2) is 0 Å². The standard InChI is InChI=1S/C10H22O3Si/c1-4-12-14(13-5-2)10-8-6-7-9-11-3/h7,9,14H,4-6,8,10H2,1-3H3. The average Bonchev–Trinajstić information content (AvgIpc) is 2.18. The molecule has 0 aromatic heterocycles. The van der Waals surface area contributed by atoms with Crippen LogP contribution in [0.2, 0.25) is 6.04 Å². The van der Waals surface area contributed by atoms with Gasteiger partial charge in [-0.15, -0.1) is 0 Å². The molecule has 0 bridgehead atoms. The van der Waals surface area contributed by atoms with Gasteiger partial charge < -0.3 is 13.6 Å². The molecule has 0 spiro atoms. The van der Waals surface area contributed by atoms with Crippen molar-refractivity contribution in [3.8, 4) is 0 Å². The molecular formula is C10H22O3Si. The summed E-state index contributed by atoms with van der Waals surface area (Å²) in [7, 11) is 0.301. The third-order valence-electron chi connectivity index (χ3n) is 1.75. The normalized spacial score (nSPS) is 11.4. The number of ether oxygens (including phenoxy) is 1. The first-order valence-corrected chi connectivity index (χ1v) is 7.02. The van der Waals surface area contributed by atoms with Crippen molar-refractivity contribution < 1.29 is 13.6 Å². The van der Waals surface area contributed by atoms with Gasteiger partial charge in [0.1, 0.15) is 0 Å². The van der Waals surface area contributed by atoms with Crippen molar-refractivity contribution in [1.29, 1.82) is 0 Å². The lowest BCUT2D eigenvalue weighted by atomic mass is 10.3. The second-order valence-corrected chi connectivity index (χ2v) is 4.98. The van der Waals surface area contributed by atoms with E-state index in [1.807, 2.05) is 19.9 Å². The molecule has 0 radical (unpaired) electrons. The summed E-state index contributed by atoms with van der Waals surface area (Å²) in [4.78, 5) is 0. The van der Waals surface area contributed by atoms with E-state index in [1.165, 1.54) is 0 Å². The monoisotopic (exact) mass is 218 g/mol. The van der Waals surface area contributed by atoms with Crippen LogP contribution in [0.15, 0.2) is 12.3 Å². The summed E-state index contributed by atoms with van der Waals surface area (Å²) in [6.45, 7) is 5.57. The molecular weight excluding hydrogens is 196 g/mol. The Labute approximate surface area is 88.9 Å². The van der Waals surface area contributed by atoms with Gasteiger partial charge in [-0.05, 0) is 38.8 Å². The van der Waals surface area contributed by atoms with Gasteiger partial charge in [0, 0.05) is 13.2 Å². The Morgan fingerprint density at radius 2 is 1.79 bits per heavy atom. The number of methoxy groups -OCH3 is 1.